The largest absolute Gasteiger partial charge is 0.452 e. The van der Waals surface area contributed by atoms with Crippen LogP contribution in [0.5, 0.6) is 0 Å². The van der Waals surface area contributed by atoms with Crippen molar-refractivity contribution in [2.75, 3.05) is 13.2 Å². The summed E-state index contributed by atoms with van der Waals surface area (Å²) in [6.07, 6.45) is 0.994. The minimum absolute atomic E-state index is 0.00196. The van der Waals surface area contributed by atoms with E-state index in [1.54, 1.807) is 0 Å². The third-order valence-electron chi connectivity index (χ3n) is 4.87. The van der Waals surface area contributed by atoms with Gasteiger partial charge in [-0.1, -0.05) is 0 Å². The second-order valence-corrected chi connectivity index (χ2v) is 7.34. The molecule has 0 spiro atoms. The van der Waals surface area contributed by atoms with Crippen molar-refractivity contribution in [2.24, 2.45) is 0 Å². The van der Waals surface area contributed by atoms with E-state index >= 15 is 0 Å². The molecule has 3 aromatic heterocycles. The SMILES string of the molecule is O=C(O[C@@H]([C@H](OC(=O)c1cccnc1)[C@@H](CO)OC(=O)c1cccnc1)[C@H](O)CO)c1cccnc1. The van der Waals surface area contributed by atoms with Gasteiger partial charge in [-0.05, 0) is 36.4 Å². The Hall–Kier alpha value is -4.26. The van der Waals surface area contributed by atoms with E-state index in [4.69, 9.17) is 14.2 Å². The van der Waals surface area contributed by atoms with E-state index in [0.717, 1.165) is 0 Å². The second-order valence-electron chi connectivity index (χ2n) is 7.34. The first-order valence-electron chi connectivity index (χ1n) is 10.7. The highest BCUT2D eigenvalue weighted by Crippen LogP contribution is 2.20. The third kappa shape index (κ3) is 6.88. The number of aliphatic hydroxyl groups excluding tert-OH is 3. The van der Waals surface area contributed by atoms with Gasteiger partial charge in [0.15, 0.2) is 18.3 Å². The third-order valence-corrected chi connectivity index (χ3v) is 4.87. The van der Waals surface area contributed by atoms with Crippen LogP contribution in [0.2, 0.25) is 0 Å². The van der Waals surface area contributed by atoms with Gasteiger partial charge in [0.2, 0.25) is 0 Å². The van der Waals surface area contributed by atoms with Gasteiger partial charge in [-0.2, -0.15) is 0 Å². The molecule has 12 heteroatoms. The molecule has 188 valence electrons. The van der Waals surface area contributed by atoms with E-state index < -0.39 is 55.5 Å². The van der Waals surface area contributed by atoms with Crippen LogP contribution >= 0.6 is 0 Å². The number of ether oxygens (including phenoxy) is 3. The van der Waals surface area contributed by atoms with Gasteiger partial charge in [0.25, 0.3) is 0 Å². The van der Waals surface area contributed by atoms with Crippen LogP contribution in [0, 0.1) is 0 Å². The number of rotatable bonds is 11. The van der Waals surface area contributed by atoms with Crippen LogP contribution in [0.4, 0.5) is 0 Å². The Morgan fingerprint density at radius 1 is 0.667 bits per heavy atom. The number of nitrogens with zero attached hydrogens (tertiary/aromatic N) is 3. The normalized spacial score (nSPS) is 14.1. The molecule has 12 nitrogen and oxygen atoms in total. The summed E-state index contributed by atoms with van der Waals surface area (Å²) in [5.41, 5.74) is 0.0198. The fraction of sp³-hybridized carbons (Fsp3) is 0.250. The van der Waals surface area contributed by atoms with Crippen molar-refractivity contribution in [3.63, 3.8) is 0 Å². The van der Waals surface area contributed by atoms with Crippen LogP contribution in [0.25, 0.3) is 0 Å². The quantitative estimate of drug-likeness (QED) is 0.242. The second kappa shape index (κ2) is 13.0. The molecule has 0 fully saturated rings. The molecule has 0 unspecified atom stereocenters. The Kier molecular flexibility index (Phi) is 9.51. The minimum atomic E-state index is -1.79. The molecule has 0 aliphatic carbocycles. The van der Waals surface area contributed by atoms with Crippen molar-refractivity contribution >= 4 is 17.9 Å². The zero-order valence-corrected chi connectivity index (χ0v) is 18.8. The number of carbonyl (C=O) groups is 3. The number of hydrogen-bond acceptors (Lipinski definition) is 12. The molecule has 0 saturated heterocycles. The highest BCUT2D eigenvalue weighted by atomic mass is 16.6. The summed E-state index contributed by atoms with van der Waals surface area (Å²) in [5.74, 6) is -2.88. The first-order chi connectivity index (χ1) is 17.4. The van der Waals surface area contributed by atoms with Gasteiger partial charge in [-0.15, -0.1) is 0 Å². The molecular weight excluding hydrogens is 474 g/mol. The summed E-state index contributed by atoms with van der Waals surface area (Å²) in [7, 11) is 0. The molecule has 0 radical (unpaired) electrons. The van der Waals surface area contributed by atoms with Gasteiger partial charge >= 0.3 is 17.9 Å². The molecule has 0 aromatic carbocycles. The first kappa shape index (κ1) is 26.3. The smallest absolute Gasteiger partial charge is 0.340 e. The molecule has 4 atom stereocenters. The van der Waals surface area contributed by atoms with Gasteiger partial charge in [0.1, 0.15) is 6.10 Å². The van der Waals surface area contributed by atoms with Crippen molar-refractivity contribution in [2.45, 2.75) is 24.4 Å². The number of carbonyl (C=O) groups excluding carboxylic acids is 3. The topological polar surface area (TPSA) is 178 Å². The van der Waals surface area contributed by atoms with Gasteiger partial charge in [0, 0.05) is 37.2 Å². The predicted molar refractivity (Wildman–Crippen MR) is 120 cm³/mol. The Morgan fingerprint density at radius 3 is 1.44 bits per heavy atom. The van der Waals surface area contributed by atoms with E-state index in [9.17, 15) is 29.7 Å². The maximum absolute atomic E-state index is 12.8. The molecule has 36 heavy (non-hydrogen) atoms. The molecule has 0 aliphatic rings. The molecule has 3 rings (SSSR count). The number of pyridine rings is 3. The lowest BCUT2D eigenvalue weighted by atomic mass is 10.0. The van der Waals surface area contributed by atoms with Crippen LogP contribution in [0.15, 0.2) is 73.6 Å². The fourth-order valence-corrected chi connectivity index (χ4v) is 3.07. The van der Waals surface area contributed by atoms with E-state index in [2.05, 4.69) is 15.0 Å². The summed E-state index contributed by atoms with van der Waals surface area (Å²) in [5, 5.41) is 30.1. The molecule has 3 heterocycles. The average Bonchev–Trinajstić information content (AvgIpc) is 2.94. The zero-order chi connectivity index (χ0) is 25.9. The summed E-state index contributed by atoms with van der Waals surface area (Å²) in [6, 6.07) is 8.61. The highest BCUT2D eigenvalue weighted by molar-refractivity contribution is 5.90. The zero-order valence-electron chi connectivity index (χ0n) is 18.8. The maximum Gasteiger partial charge on any atom is 0.340 e. The van der Waals surface area contributed by atoms with Gasteiger partial charge < -0.3 is 29.5 Å². The predicted octanol–water partition coefficient (Wildman–Crippen LogP) is 0.194. The van der Waals surface area contributed by atoms with Crippen molar-refractivity contribution in [3.05, 3.63) is 90.3 Å². The van der Waals surface area contributed by atoms with E-state index in [1.165, 1.54) is 73.6 Å². The molecule has 0 aliphatic heterocycles. The average molecular weight is 497 g/mol. The molecule has 0 bridgehead atoms. The molecule has 0 amide bonds. The van der Waals surface area contributed by atoms with Crippen LogP contribution in [0.1, 0.15) is 31.1 Å². The van der Waals surface area contributed by atoms with Crippen molar-refractivity contribution in [1.29, 1.82) is 0 Å². The molecule has 3 N–H and O–H groups in total. The Balaban J connectivity index is 1.94. The molecule has 0 saturated carbocycles. The van der Waals surface area contributed by atoms with Gasteiger partial charge in [0.05, 0.1) is 29.9 Å². The molecule has 3 aromatic rings. The lowest BCUT2D eigenvalue weighted by molar-refractivity contribution is -0.135. The Labute approximate surface area is 205 Å². The van der Waals surface area contributed by atoms with Crippen LogP contribution < -0.4 is 0 Å². The molecular formula is C24H23N3O9. The summed E-state index contributed by atoms with van der Waals surface area (Å²) < 4.78 is 16.1. The van der Waals surface area contributed by atoms with E-state index in [1.807, 2.05) is 0 Å². The number of aliphatic hydroxyl groups is 3. The lowest BCUT2D eigenvalue weighted by Gasteiger charge is -2.33. The van der Waals surface area contributed by atoms with Crippen LogP contribution in [0.3, 0.4) is 0 Å². The standard InChI is InChI=1S/C24H23N3O9/c28-13-18(30)20(35-23(32)16-5-2-8-26-11-16)21(36-24(33)17-6-3-9-27-12-17)19(14-29)34-22(31)15-4-1-7-25-10-15/h1-12,18-21,28-30H,13-14H2/t18-,19-,20-,21-/m1/s1. The highest BCUT2D eigenvalue weighted by Gasteiger charge is 2.42. The number of esters is 3. The minimum Gasteiger partial charge on any atom is -0.452 e. The van der Waals surface area contributed by atoms with Crippen molar-refractivity contribution in [1.82, 2.24) is 15.0 Å². The Bertz CT molecular complexity index is 1130. The van der Waals surface area contributed by atoms with Gasteiger partial charge in [-0.3, -0.25) is 15.0 Å². The van der Waals surface area contributed by atoms with Crippen LogP contribution in [-0.2, 0) is 14.2 Å². The number of aromatic nitrogens is 3. The fourth-order valence-electron chi connectivity index (χ4n) is 3.07. The summed E-state index contributed by atoms with van der Waals surface area (Å²) in [4.78, 5) is 49.6. The van der Waals surface area contributed by atoms with Gasteiger partial charge in [-0.25, -0.2) is 14.4 Å². The monoisotopic (exact) mass is 497 g/mol. The lowest BCUT2D eigenvalue weighted by Crippen LogP contribution is -2.53. The van der Waals surface area contributed by atoms with Crippen LogP contribution in [-0.4, -0.2) is 85.8 Å². The van der Waals surface area contributed by atoms with E-state index in [-0.39, 0.29) is 16.7 Å². The summed E-state index contributed by atoms with van der Waals surface area (Å²) in [6.45, 7) is -1.81. The van der Waals surface area contributed by atoms with E-state index in [0.29, 0.717) is 0 Å². The maximum atomic E-state index is 12.8. The number of hydrogen-bond donors (Lipinski definition) is 3. The Morgan fingerprint density at radius 2 is 1.08 bits per heavy atom. The van der Waals surface area contributed by atoms with Crippen molar-refractivity contribution in [3.8, 4) is 0 Å². The van der Waals surface area contributed by atoms with Crippen molar-refractivity contribution < 1.29 is 43.9 Å². The first-order valence-corrected chi connectivity index (χ1v) is 10.7. The summed E-state index contributed by atoms with van der Waals surface area (Å²) >= 11 is 0.